The molecule has 10 aromatic rings. The first-order chi connectivity index (χ1) is 26.6. The molecule has 54 heavy (non-hydrogen) atoms. The molecule has 2 aromatic heterocycles. The molecule has 2 heterocycles. The molecule has 2 aliphatic carbocycles. The highest BCUT2D eigenvalue weighted by molar-refractivity contribution is 7.26. The summed E-state index contributed by atoms with van der Waals surface area (Å²) >= 11 is 1.96. The standard InChI is InChI=1S/C52H35NS/c1-51(2)40-25-13-10-22-37(40)45-46-38-23-11-15-27-43(38)53(49(46)47-39-24-12-16-28-44(39)54-50(47)48(45)51)34-29-30-36-35-21-9-14-26-41(35)52(42(36)31-34,32-17-5-3-6-18-32)33-19-7-4-8-20-33/h3-31H,1-2H3. The lowest BCUT2D eigenvalue weighted by molar-refractivity contribution is 0.667. The maximum atomic E-state index is 2.60. The van der Waals surface area contributed by atoms with Gasteiger partial charge in [-0.2, -0.15) is 0 Å². The van der Waals surface area contributed by atoms with E-state index in [1.54, 1.807) is 0 Å². The van der Waals surface area contributed by atoms with Crippen molar-refractivity contribution in [3.05, 3.63) is 209 Å². The molecule has 2 heteroatoms. The van der Waals surface area contributed by atoms with Gasteiger partial charge in [0, 0.05) is 42.0 Å². The molecular weight excluding hydrogens is 671 g/mol. The zero-order valence-corrected chi connectivity index (χ0v) is 30.9. The Labute approximate surface area is 318 Å². The number of benzene rings is 8. The third-order valence-electron chi connectivity index (χ3n) is 12.6. The van der Waals surface area contributed by atoms with Gasteiger partial charge in [0.15, 0.2) is 0 Å². The van der Waals surface area contributed by atoms with Crippen molar-refractivity contribution in [1.29, 1.82) is 0 Å². The summed E-state index contributed by atoms with van der Waals surface area (Å²) in [6.45, 7) is 4.86. The maximum absolute atomic E-state index is 2.60. The van der Waals surface area contributed by atoms with Crippen LogP contribution >= 0.6 is 11.3 Å². The average Bonchev–Trinajstić information content (AvgIpc) is 3.93. The predicted octanol–water partition coefficient (Wildman–Crippen LogP) is 13.8. The van der Waals surface area contributed by atoms with Gasteiger partial charge in [0.1, 0.15) is 0 Å². The van der Waals surface area contributed by atoms with E-state index in [2.05, 4.69) is 194 Å². The Hall–Kier alpha value is -6.22. The Kier molecular flexibility index (Phi) is 5.99. The number of hydrogen-bond donors (Lipinski definition) is 0. The van der Waals surface area contributed by atoms with E-state index in [1.807, 2.05) is 11.3 Å². The van der Waals surface area contributed by atoms with Gasteiger partial charge in [-0.05, 0) is 79.9 Å². The topological polar surface area (TPSA) is 4.93 Å². The highest BCUT2D eigenvalue weighted by atomic mass is 32.1. The largest absolute Gasteiger partial charge is 0.309 e. The fourth-order valence-electron chi connectivity index (χ4n) is 10.5. The number of hydrogen-bond acceptors (Lipinski definition) is 1. The van der Waals surface area contributed by atoms with Crippen molar-refractivity contribution in [2.45, 2.75) is 24.7 Å². The third-order valence-corrected chi connectivity index (χ3v) is 13.8. The number of fused-ring (bicyclic) bond motifs is 15. The second kappa shape index (κ2) is 10.7. The van der Waals surface area contributed by atoms with Gasteiger partial charge in [0.2, 0.25) is 0 Å². The van der Waals surface area contributed by atoms with Crippen molar-refractivity contribution < 1.29 is 0 Å². The summed E-state index contributed by atoms with van der Waals surface area (Å²) in [7, 11) is 0. The monoisotopic (exact) mass is 705 g/mol. The number of nitrogens with zero attached hydrogens (tertiary/aromatic N) is 1. The molecule has 2 aliphatic rings. The maximum Gasteiger partial charge on any atom is 0.0714 e. The molecule has 0 saturated heterocycles. The Morgan fingerprint density at radius 2 is 1.07 bits per heavy atom. The second-order valence-electron chi connectivity index (χ2n) is 15.6. The molecule has 0 fully saturated rings. The van der Waals surface area contributed by atoms with Gasteiger partial charge in [0.05, 0.1) is 16.4 Å². The summed E-state index contributed by atoms with van der Waals surface area (Å²) in [5, 5.41) is 5.35. The van der Waals surface area contributed by atoms with Gasteiger partial charge in [-0.1, -0.05) is 166 Å². The summed E-state index contributed by atoms with van der Waals surface area (Å²) in [5.74, 6) is 0. The van der Waals surface area contributed by atoms with Crippen LogP contribution in [0.5, 0.6) is 0 Å². The van der Waals surface area contributed by atoms with E-state index < -0.39 is 5.41 Å². The molecule has 0 unspecified atom stereocenters. The first-order valence-corrected chi connectivity index (χ1v) is 19.8. The summed E-state index contributed by atoms with van der Waals surface area (Å²) in [6.07, 6.45) is 0. The van der Waals surface area contributed by atoms with E-state index in [0.717, 1.165) is 0 Å². The summed E-state index contributed by atoms with van der Waals surface area (Å²) < 4.78 is 5.34. The summed E-state index contributed by atoms with van der Waals surface area (Å²) in [6, 6.07) is 65.9. The fourth-order valence-corrected chi connectivity index (χ4v) is 11.9. The van der Waals surface area contributed by atoms with Crippen molar-refractivity contribution in [2.24, 2.45) is 0 Å². The van der Waals surface area contributed by atoms with Crippen molar-refractivity contribution in [1.82, 2.24) is 4.57 Å². The third kappa shape index (κ3) is 3.64. The SMILES string of the molecule is CC1(C)c2ccccc2-c2c1c1sc3ccccc3c1c1c2c2ccccc2n1-c1ccc2c(c1)C(c1ccccc1)(c1ccccc1)c1ccccc1-2. The molecule has 0 atom stereocenters. The van der Waals surface area contributed by atoms with Crippen LogP contribution < -0.4 is 0 Å². The lowest BCUT2D eigenvalue weighted by Gasteiger charge is -2.34. The molecule has 0 aliphatic heterocycles. The first-order valence-electron chi connectivity index (χ1n) is 18.9. The van der Waals surface area contributed by atoms with Crippen molar-refractivity contribution >= 4 is 53.3 Å². The molecule has 0 spiro atoms. The van der Waals surface area contributed by atoms with Crippen molar-refractivity contribution in [3.63, 3.8) is 0 Å². The van der Waals surface area contributed by atoms with E-state index in [-0.39, 0.29) is 5.41 Å². The predicted molar refractivity (Wildman–Crippen MR) is 229 cm³/mol. The average molecular weight is 706 g/mol. The Bertz CT molecular complexity index is 3140. The van der Waals surface area contributed by atoms with Crippen LogP contribution in [-0.4, -0.2) is 4.57 Å². The Morgan fingerprint density at radius 3 is 1.83 bits per heavy atom. The molecule has 0 saturated carbocycles. The van der Waals surface area contributed by atoms with E-state index >= 15 is 0 Å². The number of rotatable bonds is 3. The number of aromatic nitrogens is 1. The van der Waals surface area contributed by atoms with Crippen LogP contribution in [0.15, 0.2) is 176 Å². The van der Waals surface area contributed by atoms with Gasteiger partial charge in [-0.3, -0.25) is 0 Å². The van der Waals surface area contributed by atoms with E-state index in [0.29, 0.717) is 0 Å². The molecule has 0 bridgehead atoms. The molecule has 12 rings (SSSR count). The van der Waals surface area contributed by atoms with Crippen LogP contribution in [0.25, 0.3) is 69.9 Å². The van der Waals surface area contributed by atoms with Gasteiger partial charge < -0.3 is 4.57 Å². The summed E-state index contributed by atoms with van der Waals surface area (Å²) in [5.41, 5.74) is 16.6. The molecular formula is C52H35NS. The van der Waals surface area contributed by atoms with Crippen molar-refractivity contribution in [3.8, 4) is 27.9 Å². The Morgan fingerprint density at radius 1 is 0.481 bits per heavy atom. The number of thiophene rings is 1. The highest BCUT2D eigenvalue weighted by Crippen LogP contribution is 2.60. The molecule has 254 valence electrons. The van der Waals surface area contributed by atoms with E-state index in [4.69, 9.17) is 0 Å². The smallest absolute Gasteiger partial charge is 0.0714 e. The van der Waals surface area contributed by atoms with Gasteiger partial charge >= 0.3 is 0 Å². The van der Waals surface area contributed by atoms with Crippen molar-refractivity contribution in [2.75, 3.05) is 0 Å². The van der Waals surface area contributed by atoms with E-state index in [9.17, 15) is 0 Å². The van der Waals surface area contributed by atoms with Gasteiger partial charge in [0.25, 0.3) is 0 Å². The zero-order valence-electron chi connectivity index (χ0n) is 30.1. The van der Waals surface area contributed by atoms with Crippen LogP contribution in [-0.2, 0) is 10.8 Å². The highest BCUT2D eigenvalue weighted by Gasteiger charge is 2.46. The zero-order chi connectivity index (χ0) is 35.8. The van der Waals surface area contributed by atoms with Crippen LogP contribution in [0.1, 0.15) is 47.2 Å². The van der Waals surface area contributed by atoms with Gasteiger partial charge in [-0.25, -0.2) is 0 Å². The normalized spacial score (nSPS) is 14.8. The second-order valence-corrected chi connectivity index (χ2v) is 16.6. The Balaban J connectivity index is 1.28. The molecule has 8 aromatic carbocycles. The lowest BCUT2D eigenvalue weighted by atomic mass is 9.67. The molecule has 0 N–H and O–H groups in total. The van der Waals surface area contributed by atoms with Gasteiger partial charge in [-0.15, -0.1) is 11.3 Å². The van der Waals surface area contributed by atoms with Crippen LogP contribution in [0.4, 0.5) is 0 Å². The lowest BCUT2D eigenvalue weighted by Crippen LogP contribution is -2.28. The quantitative estimate of drug-likeness (QED) is 0.172. The minimum absolute atomic E-state index is 0.132. The molecule has 0 radical (unpaired) electrons. The summed E-state index contributed by atoms with van der Waals surface area (Å²) in [4.78, 5) is 0. The van der Waals surface area contributed by atoms with E-state index in [1.165, 1.54) is 103 Å². The van der Waals surface area contributed by atoms with Crippen LogP contribution in [0.2, 0.25) is 0 Å². The fraction of sp³-hybridized carbons (Fsp3) is 0.0769. The molecule has 0 amide bonds. The van der Waals surface area contributed by atoms with Crippen LogP contribution in [0, 0.1) is 0 Å². The minimum atomic E-state index is -0.474. The minimum Gasteiger partial charge on any atom is -0.309 e. The first kappa shape index (κ1) is 30.3. The molecule has 1 nitrogen and oxygen atoms in total. The number of para-hydroxylation sites is 1. The van der Waals surface area contributed by atoms with Crippen LogP contribution in [0.3, 0.4) is 0 Å².